The Kier molecular flexibility index (Phi) is 6.46. The molecule has 0 spiro atoms. The van der Waals surface area contributed by atoms with Gasteiger partial charge in [0.2, 0.25) is 0 Å². The second-order valence-electron chi connectivity index (χ2n) is 13.0. The Labute approximate surface area is 207 Å². The molecule has 0 radical (unpaired) electrons. The van der Waals surface area contributed by atoms with E-state index >= 15 is 0 Å². The molecule has 0 aromatic carbocycles. The minimum absolute atomic E-state index is 0.000541. The average Bonchev–Trinajstić information content (AvgIpc) is 3.06. The molecule has 8 heteroatoms. The van der Waals surface area contributed by atoms with E-state index in [1.807, 2.05) is 13.8 Å². The third kappa shape index (κ3) is 3.70. The lowest BCUT2D eigenvalue weighted by atomic mass is 9.44. The summed E-state index contributed by atoms with van der Waals surface area (Å²) >= 11 is 0. The fraction of sp³-hybridized carbons (Fsp3) is 0.889. The maximum atomic E-state index is 13.3. The number of rotatable bonds is 6. The van der Waals surface area contributed by atoms with Crippen LogP contribution in [0.3, 0.4) is 0 Å². The van der Waals surface area contributed by atoms with Crippen molar-refractivity contribution < 1.29 is 40.5 Å². The van der Waals surface area contributed by atoms with Gasteiger partial charge in [-0.05, 0) is 88.7 Å². The van der Waals surface area contributed by atoms with Crippen LogP contribution in [-0.4, -0.2) is 82.7 Å². The lowest BCUT2D eigenvalue weighted by molar-refractivity contribution is -0.197. The van der Waals surface area contributed by atoms with Crippen LogP contribution in [-0.2, 0) is 4.79 Å². The summed E-state index contributed by atoms with van der Waals surface area (Å²) in [4.78, 5) is 13.3. The van der Waals surface area contributed by atoms with Crippen molar-refractivity contribution in [3.05, 3.63) is 11.6 Å². The lowest BCUT2D eigenvalue weighted by Crippen LogP contribution is -2.67. The van der Waals surface area contributed by atoms with Crippen molar-refractivity contribution in [3.63, 3.8) is 0 Å². The van der Waals surface area contributed by atoms with Gasteiger partial charge in [0.15, 0.2) is 5.78 Å². The molecule has 0 unspecified atom stereocenters. The van der Waals surface area contributed by atoms with Gasteiger partial charge in [-0.1, -0.05) is 13.8 Å². The average molecular weight is 497 g/mol. The quantitative estimate of drug-likeness (QED) is 0.287. The molecule has 200 valence electrons. The number of hydrogen-bond donors (Lipinski definition) is 7. The fourth-order valence-electron chi connectivity index (χ4n) is 8.31. The molecule has 0 heterocycles. The molecule has 3 fully saturated rings. The highest BCUT2D eigenvalue weighted by Crippen LogP contribution is 2.69. The molecule has 10 atom stereocenters. The highest BCUT2D eigenvalue weighted by Gasteiger charge is 2.71. The second-order valence-corrected chi connectivity index (χ2v) is 13.0. The first kappa shape index (κ1) is 27.2. The van der Waals surface area contributed by atoms with Crippen LogP contribution < -0.4 is 0 Å². The van der Waals surface area contributed by atoms with Crippen LogP contribution in [0.1, 0.15) is 85.5 Å². The van der Waals surface area contributed by atoms with Crippen LogP contribution >= 0.6 is 0 Å². The first-order chi connectivity index (χ1) is 16.0. The zero-order chi connectivity index (χ0) is 26.2. The Hall–Kier alpha value is -0.870. The minimum Gasteiger partial charge on any atom is -0.393 e. The van der Waals surface area contributed by atoms with Gasteiger partial charge in [0.1, 0.15) is 5.60 Å². The Morgan fingerprint density at radius 1 is 1.03 bits per heavy atom. The summed E-state index contributed by atoms with van der Waals surface area (Å²) in [6.45, 7) is 6.42. The number of aliphatic hydroxyl groups is 7. The van der Waals surface area contributed by atoms with Gasteiger partial charge in [-0.25, -0.2) is 0 Å². The van der Waals surface area contributed by atoms with Crippen LogP contribution in [0.4, 0.5) is 0 Å². The molecule has 8 nitrogen and oxygen atoms in total. The van der Waals surface area contributed by atoms with E-state index < -0.39 is 63.8 Å². The first-order valence-corrected chi connectivity index (χ1v) is 13.1. The Morgan fingerprint density at radius 3 is 2.29 bits per heavy atom. The van der Waals surface area contributed by atoms with E-state index in [1.165, 1.54) is 13.0 Å². The normalized spacial score (nSPS) is 47.6. The molecule has 7 N–H and O–H groups in total. The molecule has 0 amide bonds. The van der Waals surface area contributed by atoms with Gasteiger partial charge in [-0.3, -0.25) is 4.79 Å². The highest BCUT2D eigenvalue weighted by molar-refractivity contribution is 6.00. The van der Waals surface area contributed by atoms with E-state index in [9.17, 15) is 40.5 Å². The molecule has 0 saturated heterocycles. The van der Waals surface area contributed by atoms with Gasteiger partial charge in [-0.15, -0.1) is 0 Å². The maximum Gasteiger partial charge on any atom is 0.187 e. The molecule has 0 bridgehead atoms. The zero-order valence-electron chi connectivity index (χ0n) is 21.5. The predicted molar refractivity (Wildman–Crippen MR) is 128 cm³/mol. The summed E-state index contributed by atoms with van der Waals surface area (Å²) < 4.78 is 0. The van der Waals surface area contributed by atoms with Gasteiger partial charge in [0.25, 0.3) is 0 Å². The molecular weight excluding hydrogens is 452 g/mol. The monoisotopic (exact) mass is 496 g/mol. The third-order valence-electron chi connectivity index (χ3n) is 10.9. The Morgan fingerprint density at radius 2 is 1.66 bits per heavy atom. The molecule has 0 aromatic heterocycles. The zero-order valence-corrected chi connectivity index (χ0v) is 21.5. The smallest absolute Gasteiger partial charge is 0.187 e. The van der Waals surface area contributed by atoms with Crippen molar-refractivity contribution in [3.8, 4) is 0 Å². The van der Waals surface area contributed by atoms with E-state index in [1.54, 1.807) is 6.92 Å². The van der Waals surface area contributed by atoms with E-state index in [0.29, 0.717) is 44.1 Å². The van der Waals surface area contributed by atoms with E-state index in [4.69, 9.17) is 0 Å². The standard InChI is InChI=1S/C27H44O8/c1-22(32,15-28)9-8-20(30)25(4,33)19-7-12-26(34)18-13-21(31)27(35)14-16(29)5-10-23(27,2)17(18)6-11-24(19,26)3/h13,16-17,19-20,28-30,32-35H,5-12,14-15H2,1-4H3/t16-,17-,19-,20+,22-,23+,24+,25+,26+,27+/m0/s1. The van der Waals surface area contributed by atoms with Crippen LogP contribution in [0.2, 0.25) is 0 Å². The van der Waals surface area contributed by atoms with Gasteiger partial charge in [0, 0.05) is 17.3 Å². The number of hydrogen-bond acceptors (Lipinski definition) is 8. The van der Waals surface area contributed by atoms with E-state index in [-0.39, 0.29) is 25.2 Å². The van der Waals surface area contributed by atoms with Crippen LogP contribution in [0.25, 0.3) is 0 Å². The maximum absolute atomic E-state index is 13.3. The Bertz CT molecular complexity index is 898. The molecule has 4 rings (SSSR count). The first-order valence-electron chi connectivity index (χ1n) is 13.1. The van der Waals surface area contributed by atoms with Gasteiger partial charge in [0.05, 0.1) is 35.6 Å². The van der Waals surface area contributed by atoms with E-state index in [2.05, 4.69) is 0 Å². The van der Waals surface area contributed by atoms with Crippen molar-refractivity contribution in [2.75, 3.05) is 6.61 Å². The molecule has 3 saturated carbocycles. The van der Waals surface area contributed by atoms with Crippen molar-refractivity contribution >= 4 is 5.78 Å². The van der Waals surface area contributed by atoms with Crippen molar-refractivity contribution in [1.82, 2.24) is 0 Å². The molecule has 35 heavy (non-hydrogen) atoms. The fourth-order valence-corrected chi connectivity index (χ4v) is 8.31. The lowest BCUT2D eigenvalue weighted by Gasteiger charge is -2.62. The van der Waals surface area contributed by atoms with Crippen molar-refractivity contribution in [2.24, 2.45) is 22.7 Å². The Balaban J connectivity index is 1.66. The number of fused-ring (bicyclic) bond motifs is 5. The summed E-state index contributed by atoms with van der Waals surface area (Å²) in [6.07, 6.45) is 2.63. The van der Waals surface area contributed by atoms with Gasteiger partial charge >= 0.3 is 0 Å². The van der Waals surface area contributed by atoms with Gasteiger partial charge < -0.3 is 35.7 Å². The molecule has 4 aliphatic carbocycles. The van der Waals surface area contributed by atoms with Crippen molar-refractivity contribution in [1.29, 1.82) is 0 Å². The second kappa shape index (κ2) is 8.32. The van der Waals surface area contributed by atoms with Gasteiger partial charge in [-0.2, -0.15) is 0 Å². The minimum atomic E-state index is -1.66. The summed E-state index contributed by atoms with van der Waals surface area (Å²) in [5.74, 6) is -1.15. The largest absolute Gasteiger partial charge is 0.393 e. The summed E-state index contributed by atoms with van der Waals surface area (Å²) in [5.41, 5.74) is -6.92. The topological polar surface area (TPSA) is 159 Å². The van der Waals surface area contributed by atoms with Crippen LogP contribution in [0.5, 0.6) is 0 Å². The number of aliphatic hydroxyl groups excluding tert-OH is 3. The SMILES string of the molecule is C[C@@](O)(CO)CC[C@@H](O)[C@](C)(O)[C@H]1CC[C@@]2(O)C3=CC(=O)[C@]4(O)C[C@@H](O)CC[C@]4(C)[C@H]3CC[C@]12C. The molecule has 0 aromatic rings. The van der Waals surface area contributed by atoms with Crippen LogP contribution in [0.15, 0.2) is 11.6 Å². The summed E-state index contributed by atoms with van der Waals surface area (Å²) in [6, 6.07) is 0. The predicted octanol–water partition coefficient (Wildman–Crippen LogP) is 0.970. The van der Waals surface area contributed by atoms with E-state index in [0.717, 1.165) is 0 Å². The van der Waals surface area contributed by atoms with Crippen LogP contribution in [0, 0.1) is 22.7 Å². The number of carbonyl (C=O) groups is 1. The number of carbonyl (C=O) groups excluding carboxylic acids is 1. The molecule has 0 aliphatic heterocycles. The number of ketones is 1. The highest BCUT2D eigenvalue weighted by atomic mass is 16.3. The summed E-state index contributed by atoms with van der Waals surface area (Å²) in [5, 5.41) is 75.9. The summed E-state index contributed by atoms with van der Waals surface area (Å²) in [7, 11) is 0. The third-order valence-corrected chi connectivity index (χ3v) is 10.9. The molecule has 4 aliphatic rings. The van der Waals surface area contributed by atoms with Crippen molar-refractivity contribution in [2.45, 2.75) is 120 Å². The molecular formula is C27H44O8.